The number of rotatable bonds is 0. The topological polar surface area (TPSA) is 48.9 Å². The van der Waals surface area contributed by atoms with Crippen LogP contribution in [0.2, 0.25) is 0 Å². The predicted molar refractivity (Wildman–Crippen MR) is 62.1 cm³/mol. The number of fused-ring (bicyclic) bond motifs is 1. The van der Waals surface area contributed by atoms with Crippen LogP contribution in [0, 0.1) is 0 Å². The number of nitrogens with one attached hydrogen (secondary N) is 1. The second kappa shape index (κ2) is 4.61. The van der Waals surface area contributed by atoms with Crippen molar-refractivity contribution < 1.29 is 5.11 Å². The normalized spacial score (nSPS) is 9.60. The lowest BCUT2D eigenvalue weighted by Crippen LogP contribution is -1.63. The van der Waals surface area contributed by atoms with Crippen molar-refractivity contribution in [2.75, 3.05) is 0 Å². The van der Waals surface area contributed by atoms with E-state index in [1.165, 1.54) is 11.3 Å². The van der Waals surface area contributed by atoms with Crippen LogP contribution in [-0.4, -0.2) is 15.1 Å². The van der Waals surface area contributed by atoms with Crippen molar-refractivity contribution in [3.05, 3.63) is 48.1 Å². The van der Waals surface area contributed by atoms with E-state index in [1.807, 2.05) is 29.6 Å². The lowest BCUT2D eigenvalue weighted by Gasteiger charge is -1.81. The molecule has 0 aliphatic rings. The SMILES string of the molecule is Oc1cccs1.c1ccc2[nH]cnc2c1. The van der Waals surface area contributed by atoms with Gasteiger partial charge >= 0.3 is 0 Å². The van der Waals surface area contributed by atoms with Crippen molar-refractivity contribution in [1.82, 2.24) is 9.97 Å². The van der Waals surface area contributed by atoms with Crippen LogP contribution in [0.4, 0.5) is 0 Å². The van der Waals surface area contributed by atoms with Gasteiger partial charge in [0.05, 0.1) is 17.4 Å². The van der Waals surface area contributed by atoms with Gasteiger partial charge in [-0.05, 0) is 29.6 Å². The van der Waals surface area contributed by atoms with E-state index < -0.39 is 0 Å². The predicted octanol–water partition coefficient (Wildman–Crippen LogP) is 3.02. The molecule has 2 N–H and O–H groups in total. The Hall–Kier alpha value is -1.81. The summed E-state index contributed by atoms with van der Waals surface area (Å²) < 4.78 is 0. The molecule has 3 rings (SSSR count). The van der Waals surface area contributed by atoms with Crippen molar-refractivity contribution in [3.63, 3.8) is 0 Å². The lowest BCUT2D eigenvalue weighted by atomic mass is 10.3. The van der Waals surface area contributed by atoms with Crippen LogP contribution in [-0.2, 0) is 0 Å². The van der Waals surface area contributed by atoms with Gasteiger partial charge in [-0.15, -0.1) is 11.3 Å². The number of hydrogen-bond donors (Lipinski definition) is 2. The molecule has 2 heterocycles. The Bertz CT molecular complexity index is 486. The molecule has 0 bridgehead atoms. The number of aromatic hydroxyl groups is 1. The maximum atomic E-state index is 8.49. The van der Waals surface area contributed by atoms with Crippen LogP contribution >= 0.6 is 11.3 Å². The average Bonchev–Trinajstić information content (AvgIpc) is 2.88. The monoisotopic (exact) mass is 218 g/mol. The zero-order chi connectivity index (χ0) is 10.5. The summed E-state index contributed by atoms with van der Waals surface area (Å²) >= 11 is 1.33. The van der Waals surface area contributed by atoms with E-state index in [1.54, 1.807) is 18.5 Å². The molecule has 0 aliphatic carbocycles. The highest BCUT2D eigenvalue weighted by atomic mass is 32.1. The molecule has 76 valence electrons. The molecule has 1 aromatic carbocycles. The highest BCUT2D eigenvalue weighted by Gasteiger charge is 1.88. The number of nitrogens with zero attached hydrogens (tertiary/aromatic N) is 1. The molecule has 0 aliphatic heterocycles. The molecule has 0 fully saturated rings. The minimum absolute atomic E-state index is 0.384. The Morgan fingerprint density at radius 2 is 2.00 bits per heavy atom. The number of para-hydroxylation sites is 2. The number of benzene rings is 1. The van der Waals surface area contributed by atoms with Gasteiger partial charge in [0.25, 0.3) is 0 Å². The van der Waals surface area contributed by atoms with Gasteiger partial charge in [-0.25, -0.2) is 4.98 Å². The summed E-state index contributed by atoms with van der Waals surface area (Å²) in [5.41, 5.74) is 2.12. The highest BCUT2D eigenvalue weighted by Crippen LogP contribution is 2.14. The fraction of sp³-hybridized carbons (Fsp3) is 0. The van der Waals surface area contributed by atoms with Gasteiger partial charge in [-0.3, -0.25) is 0 Å². The van der Waals surface area contributed by atoms with E-state index in [2.05, 4.69) is 9.97 Å². The molecular weight excluding hydrogens is 208 g/mol. The molecule has 0 spiro atoms. The molecule has 0 saturated heterocycles. The van der Waals surface area contributed by atoms with E-state index in [9.17, 15) is 0 Å². The van der Waals surface area contributed by atoms with Crippen LogP contribution in [0.15, 0.2) is 48.1 Å². The summed E-state index contributed by atoms with van der Waals surface area (Å²) in [5, 5.41) is 10.7. The molecule has 3 aromatic rings. The molecule has 4 heteroatoms. The van der Waals surface area contributed by atoms with Gasteiger partial charge in [0, 0.05) is 0 Å². The van der Waals surface area contributed by atoms with Gasteiger partial charge < -0.3 is 10.1 Å². The largest absolute Gasteiger partial charge is 0.499 e. The van der Waals surface area contributed by atoms with E-state index in [-0.39, 0.29) is 0 Å². The van der Waals surface area contributed by atoms with Gasteiger partial charge in [0.15, 0.2) is 5.06 Å². The van der Waals surface area contributed by atoms with E-state index in [0.29, 0.717) is 5.06 Å². The van der Waals surface area contributed by atoms with Crippen molar-refractivity contribution in [2.24, 2.45) is 0 Å². The number of aromatic nitrogens is 2. The molecule has 0 radical (unpaired) electrons. The number of thiophene rings is 1. The first-order valence-electron chi connectivity index (χ1n) is 4.47. The quantitative estimate of drug-likeness (QED) is 0.609. The Labute approximate surface area is 91.0 Å². The van der Waals surface area contributed by atoms with Gasteiger partial charge in [-0.1, -0.05) is 12.1 Å². The minimum Gasteiger partial charge on any atom is -0.499 e. The van der Waals surface area contributed by atoms with Crippen molar-refractivity contribution >= 4 is 22.4 Å². The molecule has 3 nitrogen and oxygen atoms in total. The third-order valence-electron chi connectivity index (χ3n) is 1.83. The number of H-pyrrole nitrogens is 1. The number of hydrogen-bond acceptors (Lipinski definition) is 3. The Kier molecular flexibility index (Phi) is 2.99. The summed E-state index contributed by atoms with van der Waals surface area (Å²) in [4.78, 5) is 7.07. The number of imidazole rings is 1. The van der Waals surface area contributed by atoms with E-state index in [0.717, 1.165) is 11.0 Å². The third-order valence-corrected chi connectivity index (χ3v) is 2.50. The van der Waals surface area contributed by atoms with Crippen LogP contribution in [0.25, 0.3) is 11.0 Å². The zero-order valence-corrected chi connectivity index (χ0v) is 8.74. The minimum atomic E-state index is 0.384. The summed E-state index contributed by atoms with van der Waals surface area (Å²) in [6, 6.07) is 11.4. The summed E-state index contributed by atoms with van der Waals surface area (Å²) in [5.74, 6) is 0. The molecule has 0 unspecified atom stereocenters. The first-order valence-corrected chi connectivity index (χ1v) is 5.35. The molecule has 0 amide bonds. The Morgan fingerprint density at radius 3 is 2.60 bits per heavy atom. The molecule has 0 saturated carbocycles. The maximum absolute atomic E-state index is 8.49. The van der Waals surface area contributed by atoms with Crippen LogP contribution in [0.3, 0.4) is 0 Å². The van der Waals surface area contributed by atoms with Gasteiger partial charge in [0.2, 0.25) is 0 Å². The van der Waals surface area contributed by atoms with Crippen LogP contribution < -0.4 is 0 Å². The molecular formula is C11H10N2OS. The standard InChI is InChI=1S/C7H6N2.C4H4OS/c1-2-4-7-6(3-1)8-5-9-7;5-4-2-1-3-6-4/h1-5H,(H,8,9);1-3,5H. The van der Waals surface area contributed by atoms with Crippen molar-refractivity contribution in [3.8, 4) is 5.06 Å². The molecule has 15 heavy (non-hydrogen) atoms. The Morgan fingerprint density at radius 1 is 1.13 bits per heavy atom. The zero-order valence-electron chi connectivity index (χ0n) is 7.92. The summed E-state index contributed by atoms with van der Waals surface area (Å²) in [6.07, 6.45) is 1.70. The highest BCUT2D eigenvalue weighted by molar-refractivity contribution is 7.11. The van der Waals surface area contributed by atoms with E-state index >= 15 is 0 Å². The molecule has 2 aromatic heterocycles. The average molecular weight is 218 g/mol. The second-order valence-electron chi connectivity index (χ2n) is 2.87. The Balaban J connectivity index is 0.000000124. The first-order chi connectivity index (χ1) is 7.36. The second-order valence-corrected chi connectivity index (χ2v) is 3.80. The summed E-state index contributed by atoms with van der Waals surface area (Å²) in [7, 11) is 0. The van der Waals surface area contributed by atoms with Crippen LogP contribution in [0.1, 0.15) is 0 Å². The lowest BCUT2D eigenvalue weighted by molar-refractivity contribution is 0.491. The van der Waals surface area contributed by atoms with Gasteiger partial charge in [0.1, 0.15) is 0 Å². The first kappa shape index (κ1) is 9.73. The van der Waals surface area contributed by atoms with Crippen LogP contribution in [0.5, 0.6) is 5.06 Å². The third kappa shape index (κ3) is 2.57. The van der Waals surface area contributed by atoms with Gasteiger partial charge in [-0.2, -0.15) is 0 Å². The smallest absolute Gasteiger partial charge is 0.171 e. The fourth-order valence-electron chi connectivity index (χ4n) is 1.15. The van der Waals surface area contributed by atoms with Crippen molar-refractivity contribution in [1.29, 1.82) is 0 Å². The fourth-order valence-corrected chi connectivity index (χ4v) is 1.60. The summed E-state index contributed by atoms with van der Waals surface area (Å²) in [6.45, 7) is 0. The number of aromatic amines is 1. The van der Waals surface area contributed by atoms with Crippen molar-refractivity contribution in [2.45, 2.75) is 0 Å². The molecule has 0 atom stereocenters. The van der Waals surface area contributed by atoms with E-state index in [4.69, 9.17) is 5.11 Å². The maximum Gasteiger partial charge on any atom is 0.171 e.